The van der Waals surface area contributed by atoms with Crippen LogP contribution in [0.25, 0.3) is 10.4 Å². The molecule has 4 aliphatic heterocycles. The van der Waals surface area contributed by atoms with Crippen molar-refractivity contribution in [3.05, 3.63) is 149 Å². The van der Waals surface area contributed by atoms with Gasteiger partial charge in [-0.3, -0.25) is 4.55 Å². The Morgan fingerprint density at radius 1 is 0.621 bits per heavy atom. The summed E-state index contributed by atoms with van der Waals surface area (Å²) in [5.41, 5.74) is 11.4. The summed E-state index contributed by atoms with van der Waals surface area (Å²) in [5.74, 6) is -1.25. The fraction of sp³-hybridized carbons (Fsp3) is 0.588. The Bertz CT molecular complexity index is 3080. The molecule has 1 N–H and O–H groups in total. The van der Waals surface area contributed by atoms with Crippen LogP contribution in [0.4, 0.5) is 0 Å². The number of azide groups is 1. The standard InChI is InChI=1S/C66H92N3O13Si.2CO2.Na.H2O4S/c1-15-52-58(43(4)44(5)62(77-52)80-60-46(7)75-56(72-40-55(70)82-65(9,10)11)36-53(60)71-37-48-28-20-16-21-29-48)79-63-45(6)59(73-38-49-30-22-17-23-31-49)61(47(8)76-63)81-64-57(68-69-67)42(3)41(2)54(78-64)39-74-83(66(12,13)14,50-32-24-18-25-33-50)51-34-26-19-27-35-51;2*2-1-3;;1-5(2,3)4/h16-36,41-47,52-54,56-64H,15,37-40H2,1-14H3;;;;(H2,1,2,3,4)/q-1;;;+1;/p-1/t41-,42-,43+,44?,45?,46?,47?,52?,53-,54?,56+,57?,58-,59-,60+,61+,62+,63-,64-;;;;/m0..../s1. The van der Waals surface area contributed by atoms with Gasteiger partial charge in [-0.2, -0.15) is 19.2 Å². The van der Waals surface area contributed by atoms with Gasteiger partial charge < -0.3 is 61.1 Å². The van der Waals surface area contributed by atoms with E-state index in [2.05, 4.69) is 121 Å². The average Bonchev–Trinajstić information content (AvgIpc) is 0.753. The molecule has 4 aromatic rings. The van der Waals surface area contributed by atoms with Crippen molar-refractivity contribution < 1.29 is 128 Å². The molecule has 95 heavy (non-hydrogen) atoms. The van der Waals surface area contributed by atoms with E-state index >= 15 is 0 Å². The van der Waals surface area contributed by atoms with Crippen molar-refractivity contribution in [2.45, 2.75) is 213 Å². The molecule has 24 nitrogen and oxygen atoms in total. The number of carbonyl (C=O) groups excluding carboxylic acids is 5. The smallest absolute Gasteiger partial charge is 0.726 e. The van der Waals surface area contributed by atoms with Gasteiger partial charge >= 0.3 is 47.8 Å². The molecule has 0 aromatic heterocycles. The number of carbonyl (C=O) groups is 1. The second-order valence-corrected chi connectivity index (χ2v) is 31.0. The minimum atomic E-state index is -4.92. The zero-order valence-corrected chi connectivity index (χ0v) is 60.8. The van der Waals surface area contributed by atoms with Crippen LogP contribution in [-0.4, -0.2) is 149 Å². The molecule has 0 bridgehead atoms. The van der Waals surface area contributed by atoms with Gasteiger partial charge in [-0.25, -0.2) is 19.6 Å². The SMILES string of the molecule is CCC1O[C@H](O[C@@H]2C(C)O[C@@H](OCC(=O)OC(C)(C)C)[CH-][C@@H]2OCc2ccccc2)C(C)[C@@H](C)[C@@H]1O[C@@H]1OC(C)[C@@H](O[C@@H]2OC(CO[Si](c3ccccc3)(c3ccccc3)C(C)(C)C)[C@@H](C)[C@H](C)C2N=[N+]=[N-])[C@@H](OCc2ccccc2)C1C.O=C=O.O=C=O.O=S(=O)([O-])O.[Na+]. The van der Waals surface area contributed by atoms with E-state index in [1.165, 1.54) is 10.4 Å². The quantitative estimate of drug-likeness (QED) is 0.0128. The fourth-order valence-corrected chi connectivity index (χ4v) is 16.8. The molecule has 4 fully saturated rings. The number of hydrogen-bond donors (Lipinski definition) is 1. The summed E-state index contributed by atoms with van der Waals surface area (Å²) in [6.45, 7) is 29.5. The molecule has 27 heteroatoms. The third-order valence-corrected chi connectivity index (χ3v) is 22.3. The zero-order chi connectivity index (χ0) is 69.6. The fourth-order valence-electron chi connectivity index (χ4n) is 12.3. The van der Waals surface area contributed by atoms with Crippen molar-refractivity contribution in [3.8, 4) is 0 Å². The average molecular weight is 1370 g/mol. The molecule has 4 aliphatic rings. The largest absolute Gasteiger partial charge is 1.00 e. The number of esters is 1. The van der Waals surface area contributed by atoms with Crippen molar-refractivity contribution in [3.63, 3.8) is 0 Å². The summed E-state index contributed by atoms with van der Waals surface area (Å²) in [6.07, 6.45) is -4.85. The van der Waals surface area contributed by atoms with Crippen LogP contribution in [0.1, 0.15) is 114 Å². The molecule has 0 saturated carbocycles. The summed E-state index contributed by atoms with van der Waals surface area (Å²) in [5, 5.41) is 6.46. The van der Waals surface area contributed by atoms with Gasteiger partial charge in [0.05, 0.1) is 68.6 Å². The van der Waals surface area contributed by atoms with Crippen LogP contribution in [0.3, 0.4) is 0 Å². The maximum Gasteiger partial charge on any atom is 1.00 e. The third kappa shape index (κ3) is 24.2. The van der Waals surface area contributed by atoms with Crippen molar-refractivity contribution in [2.24, 2.45) is 34.7 Å². The van der Waals surface area contributed by atoms with E-state index < -0.39 is 110 Å². The molecule has 0 spiro atoms. The van der Waals surface area contributed by atoms with Gasteiger partial charge in [0.15, 0.2) is 18.9 Å². The van der Waals surface area contributed by atoms with Gasteiger partial charge in [-0.05, 0) is 97.0 Å². The number of hydrogen-bond acceptors (Lipinski definition) is 21. The molecule has 4 heterocycles. The second kappa shape index (κ2) is 39.0. The normalized spacial score (nSPS) is 30.0. The number of nitrogens with zero attached hydrogens (tertiary/aromatic N) is 3. The van der Waals surface area contributed by atoms with Gasteiger partial charge in [-0.1, -0.05) is 189 Å². The van der Waals surface area contributed by atoms with Gasteiger partial charge in [0.1, 0.15) is 18.3 Å². The summed E-state index contributed by atoms with van der Waals surface area (Å²) in [6, 6.07) is 40.5. The number of benzene rings is 4. The van der Waals surface area contributed by atoms with Crippen LogP contribution >= 0.6 is 0 Å². The van der Waals surface area contributed by atoms with Gasteiger partial charge in [0.25, 0.3) is 8.32 Å². The van der Waals surface area contributed by atoms with Crippen molar-refractivity contribution in [1.82, 2.24) is 0 Å². The van der Waals surface area contributed by atoms with E-state index in [0.29, 0.717) is 26.2 Å². The van der Waals surface area contributed by atoms with Gasteiger partial charge in [-0.15, -0.1) is 0 Å². The molecular formula is C68H93N3NaO21SSi-. The molecule has 518 valence electrons. The number of rotatable bonds is 22. The van der Waals surface area contributed by atoms with Crippen LogP contribution in [0.15, 0.2) is 126 Å². The van der Waals surface area contributed by atoms with Gasteiger partial charge in [0.2, 0.25) is 10.4 Å². The maximum atomic E-state index is 12.7. The molecule has 0 aliphatic carbocycles. The van der Waals surface area contributed by atoms with Crippen molar-refractivity contribution >= 4 is 47.4 Å². The van der Waals surface area contributed by atoms with E-state index in [0.717, 1.165) is 11.1 Å². The van der Waals surface area contributed by atoms with E-state index in [4.69, 9.17) is 93.2 Å². The Labute approximate surface area is 582 Å². The third-order valence-electron chi connectivity index (χ3n) is 17.3. The Hall–Kier alpha value is -4.93. The predicted molar refractivity (Wildman–Crippen MR) is 342 cm³/mol. The van der Waals surface area contributed by atoms with Crippen LogP contribution in [-0.2, 0) is 104 Å². The summed E-state index contributed by atoms with van der Waals surface area (Å²) < 4.78 is 114. The Balaban J connectivity index is 0.00000149. The summed E-state index contributed by atoms with van der Waals surface area (Å²) >= 11 is 0. The van der Waals surface area contributed by atoms with Gasteiger partial charge in [0, 0.05) is 23.0 Å². The monoisotopic (exact) mass is 1370 g/mol. The molecular weight excluding hydrogens is 1280 g/mol. The molecule has 7 unspecified atom stereocenters. The maximum absolute atomic E-state index is 12.7. The van der Waals surface area contributed by atoms with Crippen LogP contribution in [0, 0.1) is 36.0 Å². The number of ether oxygens (including phenoxy) is 11. The van der Waals surface area contributed by atoms with E-state index in [1.807, 2.05) is 107 Å². The first-order valence-corrected chi connectivity index (χ1v) is 34.8. The minimum absolute atomic E-state index is 0. The molecule has 4 aromatic carbocycles. The van der Waals surface area contributed by atoms with Crippen LogP contribution < -0.4 is 39.9 Å². The molecule has 19 atom stereocenters. The van der Waals surface area contributed by atoms with E-state index in [9.17, 15) is 10.3 Å². The van der Waals surface area contributed by atoms with Crippen LogP contribution in [0.5, 0.6) is 0 Å². The Morgan fingerprint density at radius 3 is 1.56 bits per heavy atom. The first kappa shape index (κ1) is 82.5. The minimum Gasteiger partial charge on any atom is -0.726 e. The van der Waals surface area contributed by atoms with Crippen molar-refractivity contribution in [1.29, 1.82) is 0 Å². The van der Waals surface area contributed by atoms with E-state index in [1.54, 1.807) is 6.42 Å². The second-order valence-electron chi connectivity index (χ2n) is 25.9. The van der Waals surface area contributed by atoms with Crippen molar-refractivity contribution in [2.75, 3.05) is 13.2 Å². The molecule has 0 radical (unpaired) electrons. The van der Waals surface area contributed by atoms with Crippen LogP contribution in [0.2, 0.25) is 5.04 Å². The Morgan fingerprint density at radius 2 is 1.07 bits per heavy atom. The zero-order valence-electron chi connectivity index (χ0n) is 57.0. The predicted octanol–water partition coefficient (Wildman–Crippen LogP) is 6.50. The topological polar surface area (TPSA) is 322 Å². The molecule has 0 amide bonds. The summed E-state index contributed by atoms with van der Waals surface area (Å²) in [7, 11) is -7.86. The first-order chi connectivity index (χ1) is 44.4. The first-order valence-electron chi connectivity index (χ1n) is 31.5. The molecule has 8 rings (SSSR count). The summed E-state index contributed by atoms with van der Waals surface area (Å²) in [4.78, 5) is 48.5. The Kier molecular flexibility index (Phi) is 33.9. The van der Waals surface area contributed by atoms with E-state index in [-0.39, 0.29) is 89.2 Å². The molecule has 4 saturated heterocycles.